The van der Waals surface area contributed by atoms with E-state index >= 15 is 0 Å². The maximum Gasteiger partial charge on any atom is 0.228 e. The maximum absolute atomic E-state index is 12.6. The first-order valence-electron chi connectivity index (χ1n) is 9.09. The lowest BCUT2D eigenvalue weighted by atomic mass is 10.0. The summed E-state index contributed by atoms with van der Waals surface area (Å²) in [5.74, 6) is 0.348. The van der Waals surface area contributed by atoms with Crippen molar-refractivity contribution in [2.45, 2.75) is 51.5 Å². The Kier molecular flexibility index (Phi) is 7.26. The SMILES string of the molecule is CCCN(C(=O)CCCc1ccc2c(c1)CC(=O)N2)C1CCNC1.Cl. The first kappa shape index (κ1) is 19.7. The molecule has 1 saturated heterocycles. The molecule has 2 aliphatic heterocycles. The third-order valence-corrected chi connectivity index (χ3v) is 4.91. The van der Waals surface area contributed by atoms with Gasteiger partial charge in [0, 0.05) is 31.2 Å². The summed E-state index contributed by atoms with van der Waals surface area (Å²) in [6, 6.07) is 6.50. The van der Waals surface area contributed by atoms with Crippen molar-refractivity contribution in [2.24, 2.45) is 0 Å². The zero-order valence-electron chi connectivity index (χ0n) is 14.8. The normalized spacial score (nSPS) is 18.4. The van der Waals surface area contributed by atoms with E-state index in [-0.39, 0.29) is 24.2 Å². The van der Waals surface area contributed by atoms with Crippen LogP contribution in [-0.2, 0) is 22.4 Å². The summed E-state index contributed by atoms with van der Waals surface area (Å²) < 4.78 is 0. The van der Waals surface area contributed by atoms with E-state index in [2.05, 4.69) is 34.6 Å². The van der Waals surface area contributed by atoms with Crippen molar-refractivity contribution in [3.63, 3.8) is 0 Å². The minimum atomic E-state index is 0. The topological polar surface area (TPSA) is 61.4 Å². The number of carbonyl (C=O) groups is 2. The number of halogens is 1. The Balaban J connectivity index is 0.00000225. The molecule has 1 unspecified atom stereocenters. The Morgan fingerprint density at radius 2 is 2.20 bits per heavy atom. The van der Waals surface area contributed by atoms with Crippen molar-refractivity contribution in [3.05, 3.63) is 29.3 Å². The predicted molar refractivity (Wildman–Crippen MR) is 102 cm³/mol. The Labute approximate surface area is 155 Å². The fourth-order valence-electron chi connectivity index (χ4n) is 3.68. The van der Waals surface area contributed by atoms with E-state index in [0.717, 1.165) is 56.6 Å². The van der Waals surface area contributed by atoms with Crippen molar-refractivity contribution in [1.29, 1.82) is 0 Å². The van der Waals surface area contributed by atoms with Gasteiger partial charge in [-0.25, -0.2) is 0 Å². The highest BCUT2D eigenvalue weighted by molar-refractivity contribution is 5.99. The molecule has 138 valence electrons. The monoisotopic (exact) mass is 365 g/mol. The largest absolute Gasteiger partial charge is 0.338 e. The number of hydrogen-bond donors (Lipinski definition) is 2. The number of amides is 2. The highest BCUT2D eigenvalue weighted by atomic mass is 35.5. The second-order valence-corrected chi connectivity index (χ2v) is 6.80. The molecule has 25 heavy (non-hydrogen) atoms. The van der Waals surface area contributed by atoms with E-state index in [9.17, 15) is 9.59 Å². The van der Waals surface area contributed by atoms with Gasteiger partial charge in [0.05, 0.1) is 6.42 Å². The third kappa shape index (κ3) is 4.95. The van der Waals surface area contributed by atoms with Crippen molar-refractivity contribution < 1.29 is 9.59 Å². The lowest BCUT2D eigenvalue weighted by Crippen LogP contribution is -2.42. The van der Waals surface area contributed by atoms with E-state index in [1.807, 2.05) is 6.07 Å². The van der Waals surface area contributed by atoms with Crippen LogP contribution < -0.4 is 10.6 Å². The van der Waals surface area contributed by atoms with Gasteiger partial charge in [-0.2, -0.15) is 0 Å². The molecule has 2 N–H and O–H groups in total. The molecular formula is C19H28ClN3O2. The summed E-state index contributed by atoms with van der Waals surface area (Å²) in [6.07, 6.45) is 4.90. The van der Waals surface area contributed by atoms with Crippen LogP contribution in [0.3, 0.4) is 0 Å². The quantitative estimate of drug-likeness (QED) is 0.780. The van der Waals surface area contributed by atoms with E-state index < -0.39 is 0 Å². The molecule has 1 aromatic rings. The fraction of sp³-hybridized carbons (Fsp3) is 0.579. The maximum atomic E-state index is 12.6. The molecule has 0 spiro atoms. The van der Waals surface area contributed by atoms with Crippen LogP contribution in [0.25, 0.3) is 0 Å². The van der Waals surface area contributed by atoms with Gasteiger partial charge in [0.1, 0.15) is 0 Å². The fourth-order valence-corrected chi connectivity index (χ4v) is 3.68. The summed E-state index contributed by atoms with van der Waals surface area (Å²) in [6.45, 7) is 4.93. The number of nitrogens with one attached hydrogen (secondary N) is 2. The van der Waals surface area contributed by atoms with Gasteiger partial charge in [0.15, 0.2) is 0 Å². The molecule has 0 bridgehead atoms. The lowest BCUT2D eigenvalue weighted by molar-refractivity contribution is -0.133. The van der Waals surface area contributed by atoms with Gasteiger partial charge in [-0.15, -0.1) is 12.4 Å². The molecule has 0 aromatic heterocycles. The number of anilines is 1. The molecule has 3 rings (SSSR count). The number of hydrogen-bond acceptors (Lipinski definition) is 3. The summed E-state index contributed by atoms with van der Waals surface area (Å²) in [7, 11) is 0. The summed E-state index contributed by atoms with van der Waals surface area (Å²) in [5, 5.41) is 6.20. The molecule has 2 heterocycles. The zero-order chi connectivity index (χ0) is 16.9. The Morgan fingerprint density at radius 3 is 2.92 bits per heavy atom. The standard InChI is InChI=1S/C19H27N3O2.ClH/c1-2-10-22(16-8-9-20-13-16)19(24)5-3-4-14-6-7-17-15(11-14)12-18(23)21-17;/h6-7,11,16,20H,2-5,8-10,12-13H2,1H3,(H,21,23);1H. The molecule has 1 aromatic carbocycles. The Hall–Kier alpha value is -1.59. The van der Waals surface area contributed by atoms with Crippen LogP contribution in [0.15, 0.2) is 18.2 Å². The second kappa shape index (κ2) is 9.20. The number of fused-ring (bicyclic) bond motifs is 1. The van der Waals surface area contributed by atoms with E-state index in [1.165, 1.54) is 5.56 Å². The van der Waals surface area contributed by atoms with Crippen molar-refractivity contribution in [2.75, 3.05) is 25.0 Å². The van der Waals surface area contributed by atoms with Crippen molar-refractivity contribution in [3.8, 4) is 0 Å². The van der Waals surface area contributed by atoms with Gasteiger partial charge in [-0.3, -0.25) is 9.59 Å². The van der Waals surface area contributed by atoms with Crippen LogP contribution in [0.5, 0.6) is 0 Å². The first-order valence-corrected chi connectivity index (χ1v) is 9.09. The average molecular weight is 366 g/mol. The van der Waals surface area contributed by atoms with E-state index in [0.29, 0.717) is 18.9 Å². The van der Waals surface area contributed by atoms with Crippen molar-refractivity contribution in [1.82, 2.24) is 10.2 Å². The number of benzene rings is 1. The van der Waals surface area contributed by atoms with Crippen LogP contribution >= 0.6 is 12.4 Å². The highest BCUT2D eigenvalue weighted by Crippen LogP contribution is 2.24. The summed E-state index contributed by atoms with van der Waals surface area (Å²) in [4.78, 5) is 26.1. The number of nitrogens with zero attached hydrogens (tertiary/aromatic N) is 1. The summed E-state index contributed by atoms with van der Waals surface area (Å²) >= 11 is 0. The van der Waals surface area contributed by atoms with Gasteiger partial charge in [0.2, 0.25) is 11.8 Å². The van der Waals surface area contributed by atoms with Crippen molar-refractivity contribution >= 4 is 29.9 Å². The van der Waals surface area contributed by atoms with E-state index in [4.69, 9.17) is 0 Å². The van der Waals surface area contributed by atoms with Crippen LogP contribution in [0.2, 0.25) is 0 Å². The average Bonchev–Trinajstić information content (AvgIpc) is 3.20. The third-order valence-electron chi connectivity index (χ3n) is 4.91. The smallest absolute Gasteiger partial charge is 0.228 e. The second-order valence-electron chi connectivity index (χ2n) is 6.80. The highest BCUT2D eigenvalue weighted by Gasteiger charge is 2.25. The minimum absolute atomic E-state index is 0. The molecule has 0 radical (unpaired) electrons. The molecule has 2 aliphatic rings. The van der Waals surface area contributed by atoms with Gasteiger partial charge in [0.25, 0.3) is 0 Å². The number of rotatable bonds is 7. The predicted octanol–water partition coefficient (Wildman–Crippen LogP) is 2.53. The van der Waals surface area contributed by atoms with Crippen LogP contribution in [-0.4, -0.2) is 42.4 Å². The molecule has 1 fully saturated rings. The Morgan fingerprint density at radius 1 is 1.36 bits per heavy atom. The molecule has 6 heteroatoms. The Bertz CT molecular complexity index is 615. The first-order chi connectivity index (χ1) is 11.7. The molecule has 2 amide bonds. The zero-order valence-corrected chi connectivity index (χ0v) is 15.7. The molecule has 0 saturated carbocycles. The van der Waals surface area contributed by atoms with Gasteiger partial charge < -0.3 is 15.5 Å². The van der Waals surface area contributed by atoms with E-state index in [1.54, 1.807) is 0 Å². The molecule has 5 nitrogen and oxygen atoms in total. The molecule has 1 atom stereocenters. The minimum Gasteiger partial charge on any atom is -0.338 e. The number of carbonyl (C=O) groups excluding carboxylic acids is 2. The van der Waals surface area contributed by atoms with Crippen LogP contribution in [0.4, 0.5) is 5.69 Å². The van der Waals surface area contributed by atoms with Gasteiger partial charge >= 0.3 is 0 Å². The summed E-state index contributed by atoms with van der Waals surface area (Å²) in [5.41, 5.74) is 3.22. The molecule has 0 aliphatic carbocycles. The van der Waals surface area contributed by atoms with Gasteiger partial charge in [-0.05, 0) is 49.4 Å². The van der Waals surface area contributed by atoms with Crippen LogP contribution in [0, 0.1) is 0 Å². The van der Waals surface area contributed by atoms with Crippen LogP contribution in [0.1, 0.15) is 43.7 Å². The molecular weight excluding hydrogens is 338 g/mol. The lowest BCUT2D eigenvalue weighted by Gasteiger charge is -2.28. The number of aryl methyl sites for hydroxylation is 1. The van der Waals surface area contributed by atoms with Gasteiger partial charge in [-0.1, -0.05) is 19.1 Å².